The molecule has 1 N–H and O–H groups in total. The lowest BCUT2D eigenvalue weighted by Gasteiger charge is -2.32. The number of carbonyl (C=O) groups excluding carboxylic acids is 1. The van der Waals surface area contributed by atoms with E-state index in [1.54, 1.807) is 19.1 Å². The van der Waals surface area contributed by atoms with Crippen LogP contribution in [0.2, 0.25) is 0 Å². The van der Waals surface area contributed by atoms with Crippen LogP contribution in [-0.4, -0.2) is 54.9 Å². The Kier molecular flexibility index (Phi) is 6.80. The van der Waals surface area contributed by atoms with Gasteiger partial charge in [-0.2, -0.15) is 0 Å². The first kappa shape index (κ1) is 17.7. The number of aliphatic hydroxyl groups excluding tert-OH is 1. The van der Waals surface area contributed by atoms with Gasteiger partial charge in [-0.15, -0.1) is 0 Å². The first-order chi connectivity index (χ1) is 11.1. The summed E-state index contributed by atoms with van der Waals surface area (Å²) in [5.74, 6) is -0.462. The van der Waals surface area contributed by atoms with Gasteiger partial charge in [-0.25, -0.2) is 4.39 Å². The number of hydrogen-bond donors (Lipinski definition) is 1. The zero-order valence-corrected chi connectivity index (χ0v) is 13.4. The minimum absolute atomic E-state index is 0.0404. The molecule has 1 fully saturated rings. The molecule has 1 unspecified atom stereocenters. The van der Waals surface area contributed by atoms with Gasteiger partial charge in [0, 0.05) is 6.54 Å². The molecule has 1 saturated heterocycles. The molecule has 23 heavy (non-hydrogen) atoms. The summed E-state index contributed by atoms with van der Waals surface area (Å²) in [5.41, 5.74) is 0. The standard InChI is InChI=1S/C17H24FNO4/c1-2-22-17(21)13-7-9-19(10-8-13)11-14(20)12-23-16-6-4-3-5-15(16)18/h3-6,13-14,20H,2,7-12H2,1H3. The van der Waals surface area contributed by atoms with E-state index in [9.17, 15) is 14.3 Å². The summed E-state index contributed by atoms with van der Waals surface area (Å²) in [4.78, 5) is 13.8. The van der Waals surface area contributed by atoms with Crippen molar-refractivity contribution >= 4 is 5.97 Å². The molecule has 0 aromatic heterocycles. The summed E-state index contributed by atoms with van der Waals surface area (Å²) in [5, 5.41) is 10.0. The number of carbonyl (C=O) groups is 1. The smallest absolute Gasteiger partial charge is 0.309 e. The zero-order chi connectivity index (χ0) is 16.7. The Bertz CT molecular complexity index is 503. The number of β-amino-alcohol motifs (C(OH)–C–C–N with tert-alkyl or cyclic N) is 1. The minimum atomic E-state index is -0.700. The van der Waals surface area contributed by atoms with E-state index in [1.165, 1.54) is 12.1 Å². The summed E-state index contributed by atoms with van der Waals surface area (Å²) in [6.07, 6.45) is 0.771. The number of aliphatic hydroxyl groups is 1. The second kappa shape index (κ2) is 8.84. The molecule has 0 radical (unpaired) electrons. The van der Waals surface area contributed by atoms with Crippen LogP contribution in [0.25, 0.3) is 0 Å². The predicted octanol–water partition coefficient (Wildman–Crippen LogP) is 1.84. The Morgan fingerprint density at radius 2 is 2.09 bits per heavy atom. The van der Waals surface area contributed by atoms with Crippen LogP contribution >= 0.6 is 0 Å². The van der Waals surface area contributed by atoms with Crippen LogP contribution < -0.4 is 4.74 Å². The van der Waals surface area contributed by atoms with Crippen molar-refractivity contribution in [2.45, 2.75) is 25.9 Å². The molecule has 0 spiro atoms. The van der Waals surface area contributed by atoms with Gasteiger partial charge < -0.3 is 19.5 Å². The second-order valence-electron chi connectivity index (χ2n) is 5.72. The number of nitrogens with zero attached hydrogens (tertiary/aromatic N) is 1. The fraction of sp³-hybridized carbons (Fsp3) is 0.588. The van der Waals surface area contributed by atoms with Gasteiger partial charge in [0.2, 0.25) is 0 Å². The Morgan fingerprint density at radius 1 is 1.39 bits per heavy atom. The molecular weight excluding hydrogens is 301 g/mol. The molecule has 0 aliphatic carbocycles. The minimum Gasteiger partial charge on any atom is -0.488 e. The van der Waals surface area contributed by atoms with Crippen molar-refractivity contribution in [3.8, 4) is 5.75 Å². The van der Waals surface area contributed by atoms with E-state index in [4.69, 9.17) is 9.47 Å². The average Bonchev–Trinajstić information content (AvgIpc) is 2.55. The van der Waals surface area contributed by atoms with Gasteiger partial charge in [-0.1, -0.05) is 12.1 Å². The highest BCUT2D eigenvalue weighted by Crippen LogP contribution is 2.19. The highest BCUT2D eigenvalue weighted by atomic mass is 19.1. The SMILES string of the molecule is CCOC(=O)C1CCN(CC(O)COc2ccccc2F)CC1. The van der Waals surface area contributed by atoms with Gasteiger partial charge in [-0.3, -0.25) is 4.79 Å². The normalized spacial score (nSPS) is 17.7. The van der Waals surface area contributed by atoms with E-state index in [0.717, 1.165) is 25.9 Å². The van der Waals surface area contributed by atoms with Crippen molar-refractivity contribution in [3.05, 3.63) is 30.1 Å². The molecule has 2 rings (SSSR count). The first-order valence-corrected chi connectivity index (χ1v) is 8.04. The summed E-state index contributed by atoms with van der Waals surface area (Å²) in [7, 11) is 0. The molecule has 6 heteroatoms. The summed E-state index contributed by atoms with van der Waals surface area (Å²) in [6.45, 7) is 4.17. The van der Waals surface area contributed by atoms with Gasteiger partial charge in [0.05, 0.1) is 12.5 Å². The highest BCUT2D eigenvalue weighted by molar-refractivity contribution is 5.72. The van der Waals surface area contributed by atoms with Gasteiger partial charge in [0.25, 0.3) is 0 Å². The summed E-state index contributed by atoms with van der Waals surface area (Å²) >= 11 is 0. The molecule has 0 saturated carbocycles. The van der Waals surface area contributed by atoms with Gasteiger partial charge in [-0.05, 0) is 45.0 Å². The van der Waals surface area contributed by atoms with Crippen LogP contribution in [0.3, 0.4) is 0 Å². The molecule has 0 bridgehead atoms. The van der Waals surface area contributed by atoms with Crippen molar-refractivity contribution in [2.24, 2.45) is 5.92 Å². The predicted molar refractivity (Wildman–Crippen MR) is 83.7 cm³/mol. The van der Waals surface area contributed by atoms with Crippen LogP contribution in [-0.2, 0) is 9.53 Å². The van der Waals surface area contributed by atoms with E-state index >= 15 is 0 Å². The summed E-state index contributed by atoms with van der Waals surface area (Å²) < 4.78 is 23.8. The Hall–Kier alpha value is -1.66. The number of likely N-dealkylation sites (tertiary alicyclic amines) is 1. The maximum absolute atomic E-state index is 13.4. The molecule has 1 aliphatic heterocycles. The number of benzene rings is 1. The quantitative estimate of drug-likeness (QED) is 0.775. The van der Waals surface area contributed by atoms with Crippen LogP contribution in [0, 0.1) is 11.7 Å². The number of para-hydroxylation sites is 1. The molecule has 1 aromatic carbocycles. The van der Waals surface area contributed by atoms with Crippen molar-refractivity contribution in [1.29, 1.82) is 0 Å². The topological polar surface area (TPSA) is 59.0 Å². The Morgan fingerprint density at radius 3 is 2.74 bits per heavy atom. The molecule has 1 atom stereocenters. The second-order valence-corrected chi connectivity index (χ2v) is 5.72. The van der Waals surface area contributed by atoms with E-state index in [-0.39, 0.29) is 24.2 Å². The number of piperidine rings is 1. The maximum atomic E-state index is 13.4. The highest BCUT2D eigenvalue weighted by Gasteiger charge is 2.26. The van der Waals surface area contributed by atoms with Crippen LogP contribution in [0.5, 0.6) is 5.75 Å². The first-order valence-electron chi connectivity index (χ1n) is 8.04. The molecule has 128 valence electrons. The van der Waals surface area contributed by atoms with Gasteiger partial charge >= 0.3 is 5.97 Å². The van der Waals surface area contributed by atoms with Crippen LogP contribution in [0.1, 0.15) is 19.8 Å². The Balaban J connectivity index is 1.69. The Labute approximate surface area is 136 Å². The fourth-order valence-electron chi connectivity index (χ4n) is 2.71. The molecule has 1 aliphatic rings. The van der Waals surface area contributed by atoms with Gasteiger partial charge in [0.1, 0.15) is 12.7 Å². The largest absolute Gasteiger partial charge is 0.488 e. The monoisotopic (exact) mass is 325 g/mol. The molecule has 5 nitrogen and oxygen atoms in total. The fourth-order valence-corrected chi connectivity index (χ4v) is 2.71. The lowest BCUT2D eigenvalue weighted by atomic mass is 9.97. The molecule has 1 heterocycles. The summed E-state index contributed by atoms with van der Waals surface area (Å²) in [6, 6.07) is 6.13. The maximum Gasteiger partial charge on any atom is 0.309 e. The number of ether oxygens (including phenoxy) is 2. The number of halogens is 1. The number of hydrogen-bond acceptors (Lipinski definition) is 5. The third-order valence-corrected chi connectivity index (χ3v) is 3.94. The van der Waals surface area contributed by atoms with Crippen LogP contribution in [0.4, 0.5) is 4.39 Å². The van der Waals surface area contributed by atoms with E-state index in [1.807, 2.05) is 0 Å². The van der Waals surface area contributed by atoms with Crippen LogP contribution in [0.15, 0.2) is 24.3 Å². The van der Waals surface area contributed by atoms with E-state index in [0.29, 0.717) is 13.2 Å². The van der Waals surface area contributed by atoms with Crippen molar-refractivity contribution in [2.75, 3.05) is 32.8 Å². The third kappa shape index (κ3) is 5.48. The van der Waals surface area contributed by atoms with Gasteiger partial charge in [0.15, 0.2) is 11.6 Å². The van der Waals surface area contributed by atoms with Crippen molar-refractivity contribution in [3.63, 3.8) is 0 Å². The molecule has 0 amide bonds. The number of esters is 1. The average molecular weight is 325 g/mol. The third-order valence-electron chi connectivity index (χ3n) is 3.94. The number of rotatable bonds is 7. The van der Waals surface area contributed by atoms with E-state index < -0.39 is 11.9 Å². The van der Waals surface area contributed by atoms with Crippen molar-refractivity contribution < 1.29 is 23.8 Å². The molecule has 1 aromatic rings. The lowest BCUT2D eigenvalue weighted by Crippen LogP contribution is -2.42. The molecular formula is C17H24FNO4. The van der Waals surface area contributed by atoms with Crippen molar-refractivity contribution in [1.82, 2.24) is 4.90 Å². The lowest BCUT2D eigenvalue weighted by molar-refractivity contribution is -0.149. The van der Waals surface area contributed by atoms with E-state index in [2.05, 4.69) is 4.90 Å². The zero-order valence-electron chi connectivity index (χ0n) is 13.4.